The van der Waals surface area contributed by atoms with Crippen LogP contribution in [-0.4, -0.2) is 19.9 Å². The van der Waals surface area contributed by atoms with Crippen molar-refractivity contribution in [1.82, 2.24) is 19.9 Å². The molecule has 0 atom stereocenters. The Balaban J connectivity index is 1.28. The van der Waals surface area contributed by atoms with Crippen LogP contribution in [0.1, 0.15) is 11.1 Å². The van der Waals surface area contributed by atoms with Crippen LogP contribution in [0.25, 0.3) is 20.4 Å². The number of aromatic nitrogens is 4. The highest BCUT2D eigenvalue weighted by molar-refractivity contribution is 7.99. The van der Waals surface area contributed by atoms with Gasteiger partial charge in [0.15, 0.2) is 0 Å². The van der Waals surface area contributed by atoms with E-state index in [-0.39, 0.29) is 0 Å². The molecule has 1 aromatic carbocycles. The highest BCUT2D eigenvalue weighted by Gasteiger charge is 2.08. The van der Waals surface area contributed by atoms with Gasteiger partial charge in [0, 0.05) is 22.3 Å². The molecule has 4 aromatic heterocycles. The highest BCUT2D eigenvalue weighted by Crippen LogP contribution is 2.32. The standard InChI is InChI=1S/C20H14N4S4/c1-2-13(9-27-19-15-4-6-25-17(15)21-11-23-19)8-14(3-1)10-28-20-16-5-7-26-18(16)22-12-24-20/h1-8,11-12H,9-10H2. The Hall–Kier alpha value is -2.00. The van der Waals surface area contributed by atoms with Crippen LogP contribution in [0.3, 0.4) is 0 Å². The maximum absolute atomic E-state index is 4.46. The Kier molecular flexibility index (Phi) is 5.26. The Bertz CT molecular complexity index is 1150. The maximum atomic E-state index is 4.46. The summed E-state index contributed by atoms with van der Waals surface area (Å²) in [6, 6.07) is 13.0. The van der Waals surface area contributed by atoms with E-state index in [1.807, 2.05) is 0 Å². The number of benzene rings is 1. The fraction of sp³-hybridized carbons (Fsp3) is 0.100. The smallest absolute Gasteiger partial charge is 0.127 e. The number of thiophene rings is 2. The summed E-state index contributed by atoms with van der Waals surface area (Å²) in [5.41, 5.74) is 2.60. The zero-order valence-electron chi connectivity index (χ0n) is 14.6. The first-order chi connectivity index (χ1) is 13.9. The SMILES string of the molecule is c1cc(CSc2ncnc3sccc23)cc(CSc2ncnc3sccc23)c1. The van der Waals surface area contributed by atoms with Gasteiger partial charge in [0.1, 0.15) is 32.4 Å². The van der Waals surface area contributed by atoms with Gasteiger partial charge in [0.05, 0.1) is 0 Å². The summed E-state index contributed by atoms with van der Waals surface area (Å²) in [6.07, 6.45) is 3.31. The summed E-state index contributed by atoms with van der Waals surface area (Å²) in [5, 5.41) is 8.52. The fourth-order valence-electron chi connectivity index (χ4n) is 2.88. The van der Waals surface area contributed by atoms with Crippen molar-refractivity contribution in [3.8, 4) is 0 Å². The van der Waals surface area contributed by atoms with E-state index in [0.29, 0.717) is 0 Å². The molecule has 0 fully saturated rings. The van der Waals surface area contributed by atoms with Gasteiger partial charge >= 0.3 is 0 Å². The van der Waals surface area contributed by atoms with Gasteiger partial charge < -0.3 is 0 Å². The first kappa shape index (κ1) is 18.1. The summed E-state index contributed by atoms with van der Waals surface area (Å²) in [7, 11) is 0. The third kappa shape index (κ3) is 3.77. The van der Waals surface area contributed by atoms with Crippen LogP contribution < -0.4 is 0 Å². The lowest BCUT2D eigenvalue weighted by Gasteiger charge is -2.06. The largest absolute Gasteiger partial charge is 0.229 e. The topological polar surface area (TPSA) is 51.6 Å². The zero-order valence-corrected chi connectivity index (χ0v) is 17.9. The van der Waals surface area contributed by atoms with Crippen molar-refractivity contribution in [2.45, 2.75) is 21.6 Å². The van der Waals surface area contributed by atoms with E-state index >= 15 is 0 Å². The number of nitrogens with zero attached hydrogens (tertiary/aromatic N) is 4. The van der Waals surface area contributed by atoms with Crippen molar-refractivity contribution in [3.63, 3.8) is 0 Å². The van der Waals surface area contributed by atoms with E-state index < -0.39 is 0 Å². The maximum Gasteiger partial charge on any atom is 0.127 e. The average molecular weight is 439 g/mol. The highest BCUT2D eigenvalue weighted by atomic mass is 32.2. The van der Waals surface area contributed by atoms with Gasteiger partial charge in [-0.25, -0.2) is 19.9 Å². The summed E-state index contributed by atoms with van der Waals surface area (Å²) in [4.78, 5) is 19.7. The molecule has 0 aliphatic rings. The van der Waals surface area contributed by atoms with Crippen LogP contribution in [0.2, 0.25) is 0 Å². The fourth-order valence-corrected chi connectivity index (χ4v) is 6.32. The molecule has 0 amide bonds. The molecule has 0 aliphatic carbocycles. The number of rotatable bonds is 6. The molecule has 8 heteroatoms. The lowest BCUT2D eigenvalue weighted by atomic mass is 10.2. The molecule has 0 bridgehead atoms. The minimum absolute atomic E-state index is 0.892. The van der Waals surface area contributed by atoms with E-state index in [9.17, 15) is 0 Å². The summed E-state index contributed by atoms with van der Waals surface area (Å²) < 4.78 is 0. The molecular weight excluding hydrogens is 425 g/mol. The van der Waals surface area contributed by atoms with E-state index in [1.165, 1.54) is 11.1 Å². The van der Waals surface area contributed by atoms with E-state index in [1.54, 1.807) is 58.9 Å². The Labute approximate surface area is 178 Å². The monoisotopic (exact) mass is 438 g/mol. The van der Waals surface area contributed by atoms with Crippen LogP contribution in [0.5, 0.6) is 0 Å². The lowest BCUT2D eigenvalue weighted by Crippen LogP contribution is -1.89. The average Bonchev–Trinajstić information content (AvgIpc) is 3.40. The van der Waals surface area contributed by atoms with E-state index in [0.717, 1.165) is 42.0 Å². The van der Waals surface area contributed by atoms with Crippen molar-refractivity contribution in [2.24, 2.45) is 0 Å². The normalized spacial score (nSPS) is 11.4. The summed E-state index contributed by atoms with van der Waals surface area (Å²) >= 11 is 6.84. The molecule has 138 valence electrons. The predicted octanol–water partition coefficient (Wildman–Crippen LogP) is 6.28. The molecule has 0 unspecified atom stereocenters. The van der Waals surface area contributed by atoms with Crippen LogP contribution in [0.4, 0.5) is 0 Å². The minimum atomic E-state index is 0.892. The molecule has 5 aromatic rings. The molecule has 0 aliphatic heterocycles. The molecule has 4 nitrogen and oxygen atoms in total. The first-order valence-electron chi connectivity index (χ1n) is 8.56. The van der Waals surface area contributed by atoms with E-state index in [2.05, 4.69) is 67.1 Å². The van der Waals surface area contributed by atoms with Gasteiger partial charge in [-0.2, -0.15) is 0 Å². The molecule has 5 rings (SSSR count). The van der Waals surface area contributed by atoms with Crippen molar-refractivity contribution in [3.05, 3.63) is 70.9 Å². The van der Waals surface area contributed by atoms with Crippen molar-refractivity contribution >= 4 is 66.6 Å². The van der Waals surface area contributed by atoms with Crippen LogP contribution >= 0.6 is 46.2 Å². The van der Waals surface area contributed by atoms with Gasteiger partial charge in [-0.3, -0.25) is 0 Å². The van der Waals surface area contributed by atoms with Crippen molar-refractivity contribution in [1.29, 1.82) is 0 Å². The second kappa shape index (κ2) is 8.16. The molecule has 0 spiro atoms. The molecule has 0 radical (unpaired) electrons. The molecule has 4 heterocycles. The zero-order chi connectivity index (χ0) is 18.8. The Morgan fingerprint density at radius 2 is 1.21 bits per heavy atom. The third-order valence-corrected chi connectivity index (χ3v) is 7.99. The van der Waals surface area contributed by atoms with Crippen LogP contribution in [0.15, 0.2) is 69.9 Å². The second-order valence-corrected chi connectivity index (χ2v) is 9.75. The van der Waals surface area contributed by atoms with Crippen molar-refractivity contribution in [2.75, 3.05) is 0 Å². The lowest BCUT2D eigenvalue weighted by molar-refractivity contribution is 1.10. The minimum Gasteiger partial charge on any atom is -0.229 e. The number of fused-ring (bicyclic) bond motifs is 2. The van der Waals surface area contributed by atoms with Crippen molar-refractivity contribution < 1.29 is 0 Å². The molecule has 0 saturated heterocycles. The number of hydrogen-bond donors (Lipinski definition) is 0. The van der Waals surface area contributed by atoms with Crippen LogP contribution in [-0.2, 0) is 11.5 Å². The summed E-state index contributed by atoms with van der Waals surface area (Å²) in [5.74, 6) is 1.78. The third-order valence-electron chi connectivity index (χ3n) is 4.19. The van der Waals surface area contributed by atoms with Gasteiger partial charge in [-0.15, -0.1) is 46.2 Å². The van der Waals surface area contributed by atoms with E-state index in [4.69, 9.17) is 0 Å². The number of hydrogen-bond acceptors (Lipinski definition) is 8. The van der Waals surface area contributed by atoms with Crippen LogP contribution in [0, 0.1) is 0 Å². The van der Waals surface area contributed by atoms with Gasteiger partial charge in [0.2, 0.25) is 0 Å². The van der Waals surface area contributed by atoms with Gasteiger partial charge in [0.25, 0.3) is 0 Å². The quantitative estimate of drug-likeness (QED) is 0.230. The Morgan fingerprint density at radius 3 is 1.75 bits per heavy atom. The van der Waals surface area contributed by atoms with Gasteiger partial charge in [-0.05, 0) is 34.0 Å². The predicted molar refractivity (Wildman–Crippen MR) is 120 cm³/mol. The first-order valence-corrected chi connectivity index (χ1v) is 12.3. The molecule has 28 heavy (non-hydrogen) atoms. The Morgan fingerprint density at radius 1 is 0.679 bits per heavy atom. The number of thioether (sulfide) groups is 2. The molecule has 0 saturated carbocycles. The molecular formula is C20H14N4S4. The van der Waals surface area contributed by atoms with Gasteiger partial charge in [-0.1, -0.05) is 24.3 Å². The molecule has 0 N–H and O–H groups in total. The summed E-state index contributed by atoms with van der Waals surface area (Å²) in [6.45, 7) is 0. The second-order valence-electron chi connectivity index (χ2n) is 6.03.